The molecule has 2 rings (SSSR count). The number of rotatable bonds is 3. The Morgan fingerprint density at radius 1 is 1.80 bits per heavy atom. The molecule has 0 amide bonds. The number of aliphatic carboxylic acids is 1. The van der Waals surface area contributed by atoms with E-state index in [1.165, 1.54) is 0 Å². The third-order valence-electron chi connectivity index (χ3n) is 3.01. The molecule has 0 aromatic carbocycles. The van der Waals surface area contributed by atoms with E-state index in [2.05, 4.69) is 21.0 Å². The molecule has 0 aliphatic heterocycles. The van der Waals surface area contributed by atoms with Gasteiger partial charge in [0.25, 0.3) is 0 Å². The molecule has 0 spiro atoms. The van der Waals surface area contributed by atoms with Gasteiger partial charge in [-0.1, -0.05) is 0 Å². The lowest BCUT2D eigenvalue weighted by molar-refractivity contribution is -0.139. The minimum atomic E-state index is -0.954. The molecule has 1 aromatic heterocycles. The second-order valence-electron chi connectivity index (χ2n) is 3.95. The van der Waals surface area contributed by atoms with Crippen molar-refractivity contribution in [3.8, 4) is 0 Å². The van der Waals surface area contributed by atoms with E-state index in [0.717, 1.165) is 18.5 Å². The predicted octanol–water partition coefficient (Wildman–Crippen LogP) is 0.626. The van der Waals surface area contributed by atoms with E-state index < -0.39 is 17.4 Å². The zero-order chi connectivity index (χ0) is 11.2. The predicted molar refractivity (Wildman–Crippen MR) is 57.4 cm³/mol. The maximum Gasteiger partial charge on any atom is 0.321 e. The Morgan fingerprint density at radius 2 is 2.40 bits per heavy atom. The van der Waals surface area contributed by atoms with Crippen molar-refractivity contribution in [2.75, 3.05) is 0 Å². The number of halogens is 1. The summed E-state index contributed by atoms with van der Waals surface area (Å²) in [4.78, 5) is 10.9. The average Bonchev–Trinajstić information content (AvgIpc) is 2.87. The third kappa shape index (κ3) is 1.57. The highest BCUT2D eigenvalue weighted by Crippen LogP contribution is 2.50. The Labute approximate surface area is 95.4 Å². The maximum absolute atomic E-state index is 10.9. The van der Waals surface area contributed by atoms with Crippen LogP contribution in [-0.2, 0) is 17.3 Å². The largest absolute Gasteiger partial charge is 0.480 e. The Morgan fingerprint density at radius 3 is 2.73 bits per heavy atom. The van der Waals surface area contributed by atoms with Gasteiger partial charge in [0.1, 0.15) is 10.6 Å². The molecule has 15 heavy (non-hydrogen) atoms. The maximum atomic E-state index is 10.9. The topological polar surface area (TPSA) is 81.1 Å². The lowest BCUT2D eigenvalue weighted by Crippen LogP contribution is -2.42. The van der Waals surface area contributed by atoms with Gasteiger partial charge in [-0.25, -0.2) is 0 Å². The zero-order valence-corrected chi connectivity index (χ0v) is 9.86. The number of hydrogen-bond acceptors (Lipinski definition) is 3. The van der Waals surface area contributed by atoms with Crippen LogP contribution in [0.15, 0.2) is 10.7 Å². The molecule has 5 nitrogen and oxygen atoms in total. The molecule has 1 saturated carbocycles. The van der Waals surface area contributed by atoms with Crippen molar-refractivity contribution in [3.05, 3.63) is 16.4 Å². The highest BCUT2D eigenvalue weighted by Gasteiger charge is 2.54. The lowest BCUT2D eigenvalue weighted by atomic mass is 9.93. The first-order valence-electron chi connectivity index (χ1n) is 4.66. The molecular formula is C9H12BrN3O2. The highest BCUT2D eigenvalue weighted by atomic mass is 79.9. The van der Waals surface area contributed by atoms with Crippen molar-refractivity contribution >= 4 is 21.9 Å². The average molecular weight is 274 g/mol. The second-order valence-corrected chi connectivity index (χ2v) is 4.76. The van der Waals surface area contributed by atoms with Crippen LogP contribution in [0.2, 0.25) is 0 Å². The molecule has 1 atom stereocenters. The molecule has 1 heterocycles. The highest BCUT2D eigenvalue weighted by molar-refractivity contribution is 9.10. The first-order valence-corrected chi connectivity index (χ1v) is 5.45. The second kappa shape index (κ2) is 3.31. The number of nitrogens with zero attached hydrogens (tertiary/aromatic N) is 2. The van der Waals surface area contributed by atoms with Gasteiger partial charge in [0.05, 0.1) is 0 Å². The van der Waals surface area contributed by atoms with Gasteiger partial charge in [-0.3, -0.25) is 9.48 Å². The van der Waals surface area contributed by atoms with Crippen molar-refractivity contribution in [2.45, 2.75) is 24.3 Å². The van der Waals surface area contributed by atoms with E-state index in [-0.39, 0.29) is 0 Å². The molecule has 0 saturated heterocycles. The molecule has 0 bridgehead atoms. The lowest BCUT2D eigenvalue weighted by Gasteiger charge is -2.19. The summed E-state index contributed by atoms with van der Waals surface area (Å²) < 4.78 is 2.41. The Kier molecular flexibility index (Phi) is 2.35. The van der Waals surface area contributed by atoms with Gasteiger partial charge in [0, 0.05) is 18.2 Å². The zero-order valence-electron chi connectivity index (χ0n) is 8.27. The molecule has 1 aliphatic rings. The fraction of sp³-hybridized carbons (Fsp3) is 0.556. The minimum Gasteiger partial charge on any atom is -0.480 e. The van der Waals surface area contributed by atoms with Gasteiger partial charge < -0.3 is 10.8 Å². The summed E-state index contributed by atoms with van der Waals surface area (Å²) in [6.07, 6.45) is 1.62. The summed E-state index contributed by atoms with van der Waals surface area (Å²) in [5.74, 6) is -0.954. The quantitative estimate of drug-likeness (QED) is 0.846. The number of carboxylic acid groups (broad SMARTS) is 1. The molecule has 1 aliphatic carbocycles. The fourth-order valence-electron chi connectivity index (χ4n) is 2.00. The van der Waals surface area contributed by atoms with Crippen LogP contribution in [0.5, 0.6) is 0 Å². The Balaban J connectivity index is 2.38. The van der Waals surface area contributed by atoms with Gasteiger partial charge >= 0.3 is 5.97 Å². The molecule has 6 heteroatoms. The van der Waals surface area contributed by atoms with Crippen molar-refractivity contribution in [1.29, 1.82) is 0 Å². The van der Waals surface area contributed by atoms with Crippen molar-refractivity contribution in [1.82, 2.24) is 9.78 Å². The summed E-state index contributed by atoms with van der Waals surface area (Å²) >= 11 is 3.27. The van der Waals surface area contributed by atoms with Crippen LogP contribution < -0.4 is 5.73 Å². The van der Waals surface area contributed by atoms with E-state index in [9.17, 15) is 4.79 Å². The summed E-state index contributed by atoms with van der Waals surface area (Å²) in [5, 5.41) is 13.1. The number of nitrogens with two attached hydrogens (primary N) is 1. The molecule has 1 unspecified atom stereocenters. The van der Waals surface area contributed by atoms with Crippen LogP contribution in [0.1, 0.15) is 18.5 Å². The van der Waals surface area contributed by atoms with Crippen molar-refractivity contribution < 1.29 is 9.90 Å². The fourth-order valence-corrected chi connectivity index (χ4v) is 2.45. The Hall–Kier alpha value is -0.880. The molecular weight excluding hydrogens is 262 g/mol. The normalized spacial score (nSPS) is 19.9. The van der Waals surface area contributed by atoms with Crippen LogP contribution in [-0.4, -0.2) is 26.9 Å². The van der Waals surface area contributed by atoms with E-state index >= 15 is 0 Å². The first-order chi connectivity index (χ1) is 6.97. The minimum absolute atomic E-state index is 0.417. The van der Waals surface area contributed by atoms with Crippen molar-refractivity contribution in [2.24, 2.45) is 12.8 Å². The molecule has 1 fully saturated rings. The number of carboxylic acids is 1. The van der Waals surface area contributed by atoms with Crippen molar-refractivity contribution in [3.63, 3.8) is 0 Å². The van der Waals surface area contributed by atoms with Crippen LogP contribution in [0.3, 0.4) is 0 Å². The summed E-state index contributed by atoms with van der Waals surface area (Å²) in [7, 11) is 1.80. The number of aryl methyl sites for hydroxylation is 1. The van der Waals surface area contributed by atoms with Crippen LogP contribution in [0.4, 0.5) is 0 Å². The Bertz CT molecular complexity index is 411. The van der Waals surface area contributed by atoms with Crippen LogP contribution in [0.25, 0.3) is 0 Å². The molecule has 82 valence electrons. The van der Waals surface area contributed by atoms with Crippen LogP contribution >= 0.6 is 15.9 Å². The van der Waals surface area contributed by atoms with Crippen LogP contribution in [0, 0.1) is 0 Å². The number of aromatic nitrogens is 2. The SMILES string of the molecule is Cn1nc(Br)cc1C1(C(N)C(=O)O)CC1. The molecule has 1 aromatic rings. The van der Waals surface area contributed by atoms with E-state index in [4.69, 9.17) is 10.8 Å². The first kappa shape index (κ1) is 10.6. The number of hydrogen-bond donors (Lipinski definition) is 2. The van der Waals surface area contributed by atoms with Gasteiger partial charge in [0.15, 0.2) is 0 Å². The smallest absolute Gasteiger partial charge is 0.321 e. The molecule has 0 radical (unpaired) electrons. The van der Waals surface area contributed by atoms with Gasteiger partial charge in [0.2, 0.25) is 0 Å². The van der Waals surface area contributed by atoms with E-state index in [0.29, 0.717) is 4.60 Å². The van der Waals surface area contributed by atoms with E-state index in [1.54, 1.807) is 11.7 Å². The van der Waals surface area contributed by atoms with Gasteiger partial charge in [-0.15, -0.1) is 0 Å². The standard InChI is InChI=1S/C9H12BrN3O2/c1-13-5(4-6(10)12-13)9(2-3-9)7(11)8(14)15/h4,7H,2-3,11H2,1H3,(H,14,15). The van der Waals surface area contributed by atoms with Gasteiger partial charge in [-0.2, -0.15) is 5.10 Å². The monoisotopic (exact) mass is 273 g/mol. The third-order valence-corrected chi connectivity index (χ3v) is 3.40. The summed E-state index contributed by atoms with van der Waals surface area (Å²) in [5.41, 5.74) is 6.19. The summed E-state index contributed by atoms with van der Waals surface area (Å²) in [6, 6.07) is 0.996. The number of carbonyl (C=O) groups is 1. The molecule has 3 N–H and O–H groups in total. The van der Waals surface area contributed by atoms with E-state index in [1.807, 2.05) is 6.07 Å². The van der Waals surface area contributed by atoms with Gasteiger partial charge in [-0.05, 0) is 34.8 Å². The summed E-state index contributed by atoms with van der Waals surface area (Å²) in [6.45, 7) is 0.